The number of hydrogen-bond acceptors (Lipinski definition) is 2. The van der Waals surface area contributed by atoms with Crippen LogP contribution in [0.5, 0.6) is 0 Å². The number of hydrogen-bond donors (Lipinski definition) is 1. The lowest BCUT2D eigenvalue weighted by molar-refractivity contribution is 0.612. The Kier molecular flexibility index (Phi) is 4.67. The Hall–Kier alpha value is -1.45. The van der Waals surface area contributed by atoms with Gasteiger partial charge in [0.25, 0.3) is 0 Å². The lowest BCUT2D eigenvalue weighted by atomic mass is 10.1. The maximum absolute atomic E-state index is 12.9. The zero-order chi connectivity index (χ0) is 12.8. The second-order valence-corrected chi connectivity index (χ2v) is 4.33. The minimum atomic E-state index is -0.305. The first-order valence-electron chi connectivity index (χ1n) is 5.72. The van der Waals surface area contributed by atoms with Crippen LogP contribution < -0.4 is 5.32 Å². The molecule has 0 aliphatic heterocycles. The Bertz CT molecular complexity index is 499. The first-order chi connectivity index (χ1) is 8.78. The fourth-order valence-electron chi connectivity index (χ4n) is 1.65. The van der Waals surface area contributed by atoms with E-state index in [1.54, 1.807) is 6.20 Å². The average Bonchev–Trinajstić information content (AvgIpc) is 2.40. The van der Waals surface area contributed by atoms with Crippen molar-refractivity contribution in [2.75, 3.05) is 0 Å². The fraction of sp³-hybridized carbons (Fsp3) is 0.214. The molecular formula is C14H14ClFN2. The highest BCUT2D eigenvalue weighted by molar-refractivity contribution is 6.17. The minimum absolute atomic E-state index is 0.305. The molecule has 4 heteroatoms. The van der Waals surface area contributed by atoms with Crippen LogP contribution in [0, 0.1) is 5.82 Å². The van der Waals surface area contributed by atoms with Crippen molar-refractivity contribution in [3.8, 4) is 0 Å². The molecule has 2 rings (SSSR count). The van der Waals surface area contributed by atoms with Crippen LogP contribution in [-0.2, 0) is 19.0 Å². The summed E-state index contributed by atoms with van der Waals surface area (Å²) in [5.74, 6) is 0.226. The number of nitrogens with zero attached hydrogens (tertiary/aromatic N) is 1. The highest BCUT2D eigenvalue weighted by Gasteiger charge is 1.97. The fourth-order valence-corrected chi connectivity index (χ4v) is 1.83. The van der Waals surface area contributed by atoms with Gasteiger partial charge in [0.05, 0.1) is 6.20 Å². The molecule has 0 aliphatic rings. The Morgan fingerprint density at radius 1 is 1.00 bits per heavy atom. The van der Waals surface area contributed by atoms with Crippen molar-refractivity contribution in [3.05, 3.63) is 65.2 Å². The molecule has 0 aliphatic carbocycles. The van der Waals surface area contributed by atoms with Gasteiger partial charge in [-0.15, -0.1) is 11.6 Å². The molecule has 2 nitrogen and oxygen atoms in total. The van der Waals surface area contributed by atoms with Crippen molar-refractivity contribution < 1.29 is 4.39 Å². The normalized spacial score (nSPS) is 10.6. The number of pyridine rings is 1. The van der Waals surface area contributed by atoms with E-state index in [9.17, 15) is 4.39 Å². The summed E-state index contributed by atoms with van der Waals surface area (Å²) in [5.41, 5.74) is 3.12. The predicted octanol–water partition coefficient (Wildman–Crippen LogP) is 3.25. The predicted molar refractivity (Wildman–Crippen MR) is 70.7 cm³/mol. The first kappa shape index (κ1) is 13.0. The summed E-state index contributed by atoms with van der Waals surface area (Å²) >= 11 is 5.72. The van der Waals surface area contributed by atoms with Crippen LogP contribution in [0.3, 0.4) is 0 Å². The van der Waals surface area contributed by atoms with Crippen LogP contribution >= 0.6 is 11.6 Å². The number of benzene rings is 1. The molecule has 0 saturated carbocycles. The lowest BCUT2D eigenvalue weighted by Crippen LogP contribution is -2.12. The molecular weight excluding hydrogens is 251 g/mol. The van der Waals surface area contributed by atoms with Crippen molar-refractivity contribution in [1.29, 1.82) is 0 Å². The Morgan fingerprint density at radius 3 is 2.33 bits per heavy atom. The number of nitrogens with one attached hydrogen (secondary N) is 1. The number of halogens is 2. The summed E-state index contributed by atoms with van der Waals surface area (Å²) in [5, 5.41) is 3.24. The molecule has 94 valence electrons. The molecule has 0 spiro atoms. The van der Waals surface area contributed by atoms with E-state index in [4.69, 9.17) is 11.6 Å². The second kappa shape index (κ2) is 6.47. The maximum Gasteiger partial charge on any atom is 0.141 e. The van der Waals surface area contributed by atoms with E-state index < -0.39 is 0 Å². The molecule has 0 fully saturated rings. The van der Waals surface area contributed by atoms with E-state index in [0.717, 1.165) is 17.7 Å². The van der Waals surface area contributed by atoms with E-state index in [1.165, 1.54) is 17.8 Å². The molecule has 0 unspecified atom stereocenters. The summed E-state index contributed by atoms with van der Waals surface area (Å²) in [4.78, 5) is 3.80. The number of rotatable bonds is 5. The van der Waals surface area contributed by atoms with E-state index in [0.29, 0.717) is 12.4 Å². The zero-order valence-corrected chi connectivity index (χ0v) is 10.6. The van der Waals surface area contributed by atoms with Crippen LogP contribution in [-0.4, -0.2) is 4.98 Å². The molecule has 0 saturated heterocycles. The SMILES string of the molecule is Fc1cncc(CNCc2ccc(CCl)cc2)c1. The molecule has 1 aromatic heterocycles. The first-order valence-corrected chi connectivity index (χ1v) is 6.25. The molecule has 1 aromatic carbocycles. The van der Waals surface area contributed by atoms with Crippen molar-refractivity contribution in [2.24, 2.45) is 0 Å². The highest BCUT2D eigenvalue weighted by Crippen LogP contribution is 2.07. The second-order valence-electron chi connectivity index (χ2n) is 4.07. The van der Waals surface area contributed by atoms with E-state index in [-0.39, 0.29) is 5.82 Å². The van der Waals surface area contributed by atoms with E-state index in [1.807, 2.05) is 24.3 Å². The van der Waals surface area contributed by atoms with Gasteiger partial charge in [-0.25, -0.2) is 4.39 Å². The molecule has 0 bridgehead atoms. The molecule has 2 aromatic rings. The van der Waals surface area contributed by atoms with Crippen LogP contribution in [0.25, 0.3) is 0 Å². The van der Waals surface area contributed by atoms with Gasteiger partial charge in [0.15, 0.2) is 0 Å². The van der Waals surface area contributed by atoms with Gasteiger partial charge in [0.2, 0.25) is 0 Å². The van der Waals surface area contributed by atoms with Gasteiger partial charge in [-0.2, -0.15) is 0 Å². The molecule has 1 N–H and O–H groups in total. The topological polar surface area (TPSA) is 24.9 Å². The molecule has 18 heavy (non-hydrogen) atoms. The van der Waals surface area contributed by atoms with Gasteiger partial charge in [0, 0.05) is 25.2 Å². The summed E-state index contributed by atoms with van der Waals surface area (Å²) in [6.45, 7) is 1.33. The van der Waals surface area contributed by atoms with Crippen molar-refractivity contribution >= 4 is 11.6 Å². The molecule has 0 amide bonds. The van der Waals surface area contributed by atoms with Crippen LogP contribution in [0.4, 0.5) is 4.39 Å². The van der Waals surface area contributed by atoms with Gasteiger partial charge in [-0.3, -0.25) is 4.98 Å². The third kappa shape index (κ3) is 3.79. The third-order valence-corrected chi connectivity index (χ3v) is 2.91. The van der Waals surface area contributed by atoms with Gasteiger partial charge in [-0.1, -0.05) is 24.3 Å². The maximum atomic E-state index is 12.9. The van der Waals surface area contributed by atoms with Gasteiger partial charge < -0.3 is 5.32 Å². The number of aromatic nitrogens is 1. The lowest BCUT2D eigenvalue weighted by Gasteiger charge is -2.05. The Labute approximate surface area is 111 Å². The smallest absolute Gasteiger partial charge is 0.141 e. The summed E-state index contributed by atoms with van der Waals surface area (Å²) in [7, 11) is 0. The minimum Gasteiger partial charge on any atom is -0.309 e. The monoisotopic (exact) mass is 264 g/mol. The largest absolute Gasteiger partial charge is 0.309 e. The van der Waals surface area contributed by atoms with E-state index in [2.05, 4.69) is 10.3 Å². The van der Waals surface area contributed by atoms with Gasteiger partial charge >= 0.3 is 0 Å². The third-order valence-electron chi connectivity index (χ3n) is 2.60. The van der Waals surface area contributed by atoms with Crippen molar-refractivity contribution in [3.63, 3.8) is 0 Å². The Morgan fingerprint density at radius 2 is 1.67 bits per heavy atom. The molecule has 0 atom stereocenters. The summed E-state index contributed by atoms with van der Waals surface area (Å²) in [6.07, 6.45) is 2.86. The van der Waals surface area contributed by atoms with Crippen LogP contribution in [0.15, 0.2) is 42.7 Å². The quantitative estimate of drug-likeness (QED) is 0.839. The summed E-state index contributed by atoms with van der Waals surface area (Å²) in [6, 6.07) is 9.57. The molecule has 1 heterocycles. The number of alkyl halides is 1. The van der Waals surface area contributed by atoms with Crippen LogP contribution in [0.2, 0.25) is 0 Å². The Balaban J connectivity index is 1.84. The van der Waals surface area contributed by atoms with Crippen molar-refractivity contribution in [2.45, 2.75) is 19.0 Å². The van der Waals surface area contributed by atoms with Gasteiger partial charge in [0.1, 0.15) is 5.82 Å². The molecule has 0 radical (unpaired) electrons. The zero-order valence-electron chi connectivity index (χ0n) is 9.87. The summed E-state index contributed by atoms with van der Waals surface area (Å²) < 4.78 is 12.9. The van der Waals surface area contributed by atoms with Crippen LogP contribution in [0.1, 0.15) is 16.7 Å². The van der Waals surface area contributed by atoms with Crippen molar-refractivity contribution in [1.82, 2.24) is 10.3 Å². The highest BCUT2D eigenvalue weighted by atomic mass is 35.5. The van der Waals surface area contributed by atoms with E-state index >= 15 is 0 Å². The standard InChI is InChI=1S/C14H14ClFN2/c15-6-11-1-3-12(4-2-11)7-17-8-13-5-14(16)10-18-9-13/h1-5,9-10,17H,6-8H2. The average molecular weight is 265 g/mol. The van der Waals surface area contributed by atoms with Gasteiger partial charge in [-0.05, 0) is 22.8 Å².